The Morgan fingerprint density at radius 3 is 2.75 bits per heavy atom. The van der Waals surface area contributed by atoms with E-state index in [1.807, 2.05) is 6.07 Å². The lowest BCUT2D eigenvalue weighted by atomic mass is 10.1. The van der Waals surface area contributed by atoms with Gasteiger partial charge < -0.3 is 20.1 Å². The number of benzene rings is 1. The summed E-state index contributed by atoms with van der Waals surface area (Å²) in [6, 6.07) is 8.26. The molecule has 1 aromatic carbocycles. The van der Waals surface area contributed by atoms with Crippen LogP contribution >= 0.6 is 11.8 Å². The third kappa shape index (κ3) is 5.31. The molecule has 0 spiro atoms. The second kappa shape index (κ2) is 8.97. The highest BCUT2D eigenvalue weighted by atomic mass is 32.2. The summed E-state index contributed by atoms with van der Waals surface area (Å²) in [5.41, 5.74) is 0. The van der Waals surface area contributed by atoms with Gasteiger partial charge in [0.25, 0.3) is 5.91 Å². The zero-order valence-electron chi connectivity index (χ0n) is 13.1. The van der Waals surface area contributed by atoms with Crippen LogP contribution < -0.4 is 15.4 Å². The molecule has 1 saturated heterocycles. The molecule has 8 heteroatoms. The Morgan fingerprint density at radius 2 is 2.08 bits per heavy atom. The van der Waals surface area contributed by atoms with E-state index in [2.05, 4.69) is 10.6 Å². The fourth-order valence-corrected chi connectivity index (χ4v) is 2.75. The first-order chi connectivity index (χ1) is 11.6. The molecule has 1 aliphatic rings. The van der Waals surface area contributed by atoms with Crippen molar-refractivity contribution in [1.29, 1.82) is 0 Å². The molecule has 0 saturated carbocycles. The number of carbonyl (C=O) groups excluding carboxylic acids is 3. The van der Waals surface area contributed by atoms with Crippen LogP contribution in [0.25, 0.3) is 0 Å². The van der Waals surface area contributed by atoms with Crippen molar-refractivity contribution in [3.63, 3.8) is 0 Å². The van der Waals surface area contributed by atoms with E-state index in [-0.39, 0.29) is 17.9 Å². The molecule has 2 atom stereocenters. The summed E-state index contributed by atoms with van der Waals surface area (Å²) in [4.78, 5) is 34.6. The largest absolute Gasteiger partial charge is 0.484 e. The summed E-state index contributed by atoms with van der Waals surface area (Å²) in [5, 5.41) is 6.45. The van der Waals surface area contributed by atoms with E-state index in [0.717, 1.165) is 0 Å². The molecule has 0 aliphatic carbocycles. The molecule has 128 valence electrons. The van der Waals surface area contributed by atoms with E-state index in [1.165, 1.54) is 23.2 Å². The summed E-state index contributed by atoms with van der Waals surface area (Å²) in [5.74, 6) is -0.537. The lowest BCUT2D eigenvalue weighted by Crippen LogP contribution is -2.67. The van der Waals surface area contributed by atoms with Gasteiger partial charge in [-0.15, -0.1) is 11.8 Å². The molecule has 2 rings (SSSR count). The molecule has 0 radical (unpaired) electrons. The number of esters is 1. The van der Waals surface area contributed by atoms with Gasteiger partial charge in [-0.25, -0.2) is 4.79 Å². The molecular weight excluding hydrogens is 332 g/mol. The van der Waals surface area contributed by atoms with Gasteiger partial charge in [-0.2, -0.15) is 0 Å². The van der Waals surface area contributed by atoms with Crippen molar-refractivity contribution in [3.8, 4) is 5.75 Å². The van der Waals surface area contributed by atoms with E-state index in [0.29, 0.717) is 12.4 Å². The maximum absolute atomic E-state index is 11.9. The fourth-order valence-electron chi connectivity index (χ4n) is 1.86. The van der Waals surface area contributed by atoms with Crippen molar-refractivity contribution in [1.82, 2.24) is 10.6 Å². The Hall–Kier alpha value is -2.48. The van der Waals surface area contributed by atoms with Crippen LogP contribution in [0.15, 0.2) is 41.8 Å². The third-order valence-corrected chi connectivity index (χ3v) is 3.99. The summed E-state index contributed by atoms with van der Waals surface area (Å²) in [6.07, 6.45) is 1.27. The van der Waals surface area contributed by atoms with Crippen molar-refractivity contribution < 1.29 is 23.9 Å². The Labute approximate surface area is 143 Å². The van der Waals surface area contributed by atoms with E-state index >= 15 is 0 Å². The summed E-state index contributed by atoms with van der Waals surface area (Å²) >= 11 is 1.22. The molecule has 1 aromatic rings. The normalized spacial score (nSPS) is 19.3. The number of carbonyl (C=O) groups is 3. The summed E-state index contributed by atoms with van der Waals surface area (Å²) in [6.45, 7) is 1.84. The van der Waals surface area contributed by atoms with Gasteiger partial charge in [-0.1, -0.05) is 18.2 Å². The maximum atomic E-state index is 11.9. The highest BCUT2D eigenvalue weighted by Gasteiger charge is 2.40. The molecule has 1 heterocycles. The minimum Gasteiger partial charge on any atom is -0.484 e. The van der Waals surface area contributed by atoms with Crippen LogP contribution in [0, 0.1) is 0 Å². The second-order valence-electron chi connectivity index (χ2n) is 4.77. The van der Waals surface area contributed by atoms with Crippen LogP contribution in [-0.2, 0) is 19.1 Å². The van der Waals surface area contributed by atoms with E-state index in [1.54, 1.807) is 31.2 Å². The molecule has 0 aromatic heterocycles. The first-order valence-corrected chi connectivity index (χ1v) is 8.30. The number of rotatable bonds is 8. The predicted octanol–water partition coefficient (Wildman–Crippen LogP) is 0.816. The first kappa shape index (κ1) is 17.9. The smallest absolute Gasteiger partial charge is 0.331 e. The van der Waals surface area contributed by atoms with Gasteiger partial charge in [-0.3, -0.25) is 9.59 Å². The van der Waals surface area contributed by atoms with Gasteiger partial charge in [0, 0.05) is 6.08 Å². The number of hydrogen-bond donors (Lipinski definition) is 2. The van der Waals surface area contributed by atoms with Crippen LogP contribution in [0.1, 0.15) is 6.92 Å². The van der Waals surface area contributed by atoms with Crippen LogP contribution in [-0.4, -0.2) is 42.4 Å². The molecule has 1 fully saturated rings. The molecule has 7 nitrogen and oxygen atoms in total. The molecule has 2 amide bonds. The zero-order chi connectivity index (χ0) is 17.4. The lowest BCUT2D eigenvalue weighted by Gasteiger charge is -2.35. The number of nitrogens with one attached hydrogen (secondary N) is 2. The predicted molar refractivity (Wildman–Crippen MR) is 89.2 cm³/mol. The number of hydrogen-bond acceptors (Lipinski definition) is 6. The highest BCUT2D eigenvalue weighted by Crippen LogP contribution is 2.21. The van der Waals surface area contributed by atoms with E-state index < -0.39 is 17.9 Å². The summed E-state index contributed by atoms with van der Waals surface area (Å²) < 4.78 is 10.1. The lowest BCUT2D eigenvalue weighted by molar-refractivity contribution is -0.137. The van der Waals surface area contributed by atoms with Crippen LogP contribution in [0.5, 0.6) is 5.75 Å². The van der Waals surface area contributed by atoms with Crippen molar-refractivity contribution in [2.75, 3.05) is 13.2 Å². The third-order valence-electron chi connectivity index (χ3n) is 3.02. The monoisotopic (exact) mass is 350 g/mol. The Kier molecular flexibility index (Phi) is 6.68. The number of thioether (sulfide) groups is 1. The van der Waals surface area contributed by atoms with Gasteiger partial charge in [0.15, 0.2) is 6.61 Å². The van der Waals surface area contributed by atoms with Gasteiger partial charge in [-0.05, 0) is 24.5 Å². The van der Waals surface area contributed by atoms with Crippen molar-refractivity contribution in [2.45, 2.75) is 18.3 Å². The number of ether oxygens (including phenoxy) is 2. The Bertz CT molecular complexity index is 620. The van der Waals surface area contributed by atoms with E-state index in [9.17, 15) is 14.4 Å². The van der Waals surface area contributed by atoms with Crippen molar-refractivity contribution in [3.05, 3.63) is 41.8 Å². The van der Waals surface area contributed by atoms with Gasteiger partial charge in [0.1, 0.15) is 17.2 Å². The van der Waals surface area contributed by atoms with Gasteiger partial charge >= 0.3 is 5.97 Å². The van der Waals surface area contributed by atoms with Crippen molar-refractivity contribution in [2.24, 2.45) is 0 Å². The maximum Gasteiger partial charge on any atom is 0.331 e. The molecule has 24 heavy (non-hydrogen) atoms. The fraction of sp³-hybridized carbons (Fsp3) is 0.312. The van der Waals surface area contributed by atoms with E-state index in [4.69, 9.17) is 9.47 Å². The summed E-state index contributed by atoms with van der Waals surface area (Å²) in [7, 11) is 0. The van der Waals surface area contributed by atoms with Gasteiger partial charge in [0.2, 0.25) is 5.91 Å². The average molecular weight is 350 g/mol. The minimum absolute atomic E-state index is 0.177. The van der Waals surface area contributed by atoms with Gasteiger partial charge in [0.05, 0.1) is 6.61 Å². The molecule has 1 aliphatic heterocycles. The standard InChI is InChI=1S/C16H18N2O5S/c1-2-22-13(20)8-9-24-16-14(15(21)18-16)17-12(19)10-23-11-6-4-3-5-7-11/h3-9,14,16H,2,10H2,1H3,(H,17,19)(H,18,21)/t14-,16-/m0/s1. The van der Waals surface area contributed by atoms with Crippen LogP contribution in [0.4, 0.5) is 0 Å². The van der Waals surface area contributed by atoms with Crippen molar-refractivity contribution >= 4 is 29.5 Å². The molecule has 0 bridgehead atoms. The minimum atomic E-state index is -0.659. The molecular formula is C16H18N2O5S. The molecule has 2 N–H and O–H groups in total. The topological polar surface area (TPSA) is 93.7 Å². The molecule has 0 unspecified atom stereocenters. The Morgan fingerprint density at radius 1 is 1.33 bits per heavy atom. The zero-order valence-corrected chi connectivity index (χ0v) is 13.9. The Balaban J connectivity index is 1.74. The van der Waals surface area contributed by atoms with Crippen LogP contribution in [0.2, 0.25) is 0 Å². The SMILES string of the molecule is CCOC(=O)C=CS[C@@H]1NC(=O)[C@@H]1NC(=O)COc1ccccc1. The average Bonchev–Trinajstić information content (AvgIpc) is 2.58. The quantitative estimate of drug-likeness (QED) is 0.409. The number of β-lactam (4-membered cyclic amide) rings is 1. The number of amides is 2. The highest BCUT2D eigenvalue weighted by molar-refractivity contribution is 8.02. The first-order valence-electron chi connectivity index (χ1n) is 7.36. The van der Waals surface area contributed by atoms with Crippen LogP contribution in [0.3, 0.4) is 0 Å². The second-order valence-corrected chi connectivity index (χ2v) is 5.82. The number of para-hydroxylation sites is 1.